The summed E-state index contributed by atoms with van der Waals surface area (Å²) in [4.78, 5) is 15.3. The number of benzene rings is 1. The van der Waals surface area contributed by atoms with Crippen LogP contribution in [-0.4, -0.2) is 57.3 Å². The topological polar surface area (TPSA) is 69.7 Å². The van der Waals surface area contributed by atoms with Gasteiger partial charge in [0.1, 0.15) is 0 Å². The van der Waals surface area contributed by atoms with E-state index in [0.29, 0.717) is 19.6 Å². The second-order valence-corrected chi connectivity index (χ2v) is 7.88. The number of sulfone groups is 1. The van der Waals surface area contributed by atoms with Gasteiger partial charge < -0.3 is 15.1 Å². The normalized spacial score (nSPS) is 22.1. The molecule has 2 saturated heterocycles. The van der Waals surface area contributed by atoms with E-state index in [1.807, 2.05) is 4.90 Å². The zero-order valence-corrected chi connectivity index (χ0v) is 13.8. The van der Waals surface area contributed by atoms with Crippen LogP contribution < -0.4 is 10.2 Å². The molecule has 0 spiro atoms. The van der Waals surface area contributed by atoms with Crippen LogP contribution in [0.4, 0.5) is 19.3 Å². The van der Waals surface area contributed by atoms with Crippen molar-refractivity contribution in [3.63, 3.8) is 0 Å². The van der Waals surface area contributed by atoms with Crippen molar-refractivity contribution < 1.29 is 22.0 Å². The second kappa shape index (κ2) is 6.54. The predicted octanol–water partition coefficient (Wildman–Crippen LogP) is 1.68. The minimum Gasteiger partial charge on any atom is -0.369 e. The molecule has 2 aliphatic rings. The molecule has 0 radical (unpaired) electrons. The smallest absolute Gasteiger partial charge is 0.341 e. The molecular weight excluding hydrogens is 340 g/mol. The summed E-state index contributed by atoms with van der Waals surface area (Å²) < 4.78 is 48.1. The van der Waals surface area contributed by atoms with Gasteiger partial charge in [-0.2, -0.15) is 8.78 Å². The van der Waals surface area contributed by atoms with Gasteiger partial charge in [0.25, 0.3) is 0 Å². The number of nitrogens with zero attached hydrogens (tertiary/aromatic N) is 2. The Kier molecular flexibility index (Phi) is 4.62. The number of amides is 2. The third kappa shape index (κ3) is 3.17. The van der Waals surface area contributed by atoms with Crippen LogP contribution in [0.5, 0.6) is 0 Å². The van der Waals surface area contributed by atoms with Gasteiger partial charge in [0.2, 0.25) is 9.84 Å². The van der Waals surface area contributed by atoms with E-state index in [2.05, 4.69) is 10.2 Å². The van der Waals surface area contributed by atoms with Crippen molar-refractivity contribution in [2.75, 3.05) is 31.1 Å². The zero-order valence-electron chi connectivity index (χ0n) is 13.0. The molecule has 0 saturated carbocycles. The van der Waals surface area contributed by atoms with E-state index in [1.54, 1.807) is 12.1 Å². The van der Waals surface area contributed by atoms with Crippen molar-refractivity contribution in [3.05, 3.63) is 24.3 Å². The Hall–Kier alpha value is -1.90. The maximum absolute atomic E-state index is 12.6. The molecule has 6 nitrogen and oxygen atoms in total. The molecule has 2 aliphatic heterocycles. The number of carbonyl (C=O) groups is 1. The number of halogens is 2. The van der Waals surface area contributed by atoms with E-state index in [-0.39, 0.29) is 17.0 Å². The summed E-state index contributed by atoms with van der Waals surface area (Å²) in [7, 11) is -4.57. The number of hydrogen-bond acceptors (Lipinski definition) is 4. The SMILES string of the molecule is O=C1NCCN1C1CCCN(c2ccc(S(=O)(=O)C(F)F)cc2)C1. The van der Waals surface area contributed by atoms with Gasteiger partial charge in [0, 0.05) is 31.9 Å². The fraction of sp³-hybridized carbons (Fsp3) is 0.533. The Morgan fingerprint density at radius 1 is 1.17 bits per heavy atom. The maximum Gasteiger partial charge on any atom is 0.341 e. The van der Waals surface area contributed by atoms with Gasteiger partial charge in [0.05, 0.1) is 10.9 Å². The fourth-order valence-electron chi connectivity index (χ4n) is 3.23. The van der Waals surface area contributed by atoms with Crippen molar-refractivity contribution >= 4 is 21.6 Å². The lowest BCUT2D eigenvalue weighted by Gasteiger charge is -2.38. The highest BCUT2D eigenvalue weighted by Crippen LogP contribution is 2.26. The van der Waals surface area contributed by atoms with E-state index >= 15 is 0 Å². The highest BCUT2D eigenvalue weighted by molar-refractivity contribution is 7.91. The lowest BCUT2D eigenvalue weighted by Crippen LogP contribution is -2.49. The van der Waals surface area contributed by atoms with E-state index in [1.165, 1.54) is 12.1 Å². The molecule has 1 atom stereocenters. The van der Waals surface area contributed by atoms with E-state index in [9.17, 15) is 22.0 Å². The minimum absolute atomic E-state index is 0.0553. The quantitative estimate of drug-likeness (QED) is 0.888. The Balaban J connectivity index is 1.73. The predicted molar refractivity (Wildman–Crippen MR) is 85.0 cm³/mol. The highest BCUT2D eigenvalue weighted by Gasteiger charge is 2.32. The van der Waals surface area contributed by atoms with Gasteiger partial charge in [-0.05, 0) is 37.1 Å². The fourth-order valence-corrected chi connectivity index (χ4v) is 3.95. The van der Waals surface area contributed by atoms with E-state index in [0.717, 1.165) is 25.1 Å². The van der Waals surface area contributed by atoms with Crippen LogP contribution in [0.1, 0.15) is 12.8 Å². The number of carbonyl (C=O) groups excluding carboxylic acids is 1. The molecule has 2 amide bonds. The summed E-state index contributed by atoms with van der Waals surface area (Å²) in [5.41, 5.74) is 0.771. The standard InChI is InChI=1S/C15H19F2N3O3S/c16-14(17)24(22,23)13-5-3-11(4-6-13)19-8-1-2-12(10-19)20-9-7-18-15(20)21/h3-6,12,14H,1-2,7-10H2,(H,18,21). The number of alkyl halides is 2. The number of urea groups is 1. The molecule has 0 aromatic heterocycles. The first kappa shape index (κ1) is 16.9. The molecule has 2 fully saturated rings. The lowest BCUT2D eigenvalue weighted by molar-refractivity contribution is 0.189. The van der Waals surface area contributed by atoms with Gasteiger partial charge in [-0.1, -0.05) is 0 Å². The van der Waals surface area contributed by atoms with Crippen LogP contribution in [0, 0.1) is 0 Å². The molecule has 1 unspecified atom stereocenters. The summed E-state index contributed by atoms with van der Waals surface area (Å²) in [6.45, 7) is 2.76. The van der Waals surface area contributed by atoms with Crippen LogP contribution in [-0.2, 0) is 9.84 Å². The zero-order chi connectivity index (χ0) is 17.3. The first-order valence-electron chi connectivity index (χ1n) is 7.81. The average Bonchev–Trinajstić information content (AvgIpc) is 3.01. The molecule has 132 valence electrons. The summed E-state index contributed by atoms with van der Waals surface area (Å²) in [6, 6.07) is 5.56. The van der Waals surface area contributed by atoms with E-state index < -0.39 is 15.6 Å². The Bertz CT molecular complexity index is 709. The van der Waals surface area contributed by atoms with Crippen molar-refractivity contribution in [1.82, 2.24) is 10.2 Å². The summed E-state index contributed by atoms with van der Waals surface area (Å²) in [5, 5.41) is 2.79. The second-order valence-electron chi connectivity index (χ2n) is 5.97. The highest BCUT2D eigenvalue weighted by atomic mass is 32.2. The number of nitrogens with one attached hydrogen (secondary N) is 1. The van der Waals surface area contributed by atoms with Gasteiger partial charge >= 0.3 is 11.8 Å². The number of anilines is 1. The molecule has 0 bridgehead atoms. The Labute approximate surface area is 139 Å². The first-order valence-corrected chi connectivity index (χ1v) is 9.36. The molecule has 9 heteroatoms. The number of rotatable bonds is 4. The third-order valence-corrected chi connectivity index (χ3v) is 5.89. The summed E-state index contributed by atoms with van der Waals surface area (Å²) in [6.07, 6.45) is 1.83. The van der Waals surface area contributed by atoms with E-state index in [4.69, 9.17) is 0 Å². The molecule has 1 N–H and O–H groups in total. The molecule has 24 heavy (non-hydrogen) atoms. The molecule has 0 aliphatic carbocycles. The summed E-state index contributed by atoms with van der Waals surface area (Å²) >= 11 is 0. The average molecular weight is 359 g/mol. The number of hydrogen-bond donors (Lipinski definition) is 1. The minimum atomic E-state index is -4.57. The monoisotopic (exact) mass is 359 g/mol. The molecule has 2 heterocycles. The van der Waals surface area contributed by atoms with Gasteiger partial charge in [-0.25, -0.2) is 13.2 Å². The summed E-state index contributed by atoms with van der Waals surface area (Å²) in [5.74, 6) is -3.42. The van der Waals surface area contributed by atoms with Crippen LogP contribution in [0.25, 0.3) is 0 Å². The van der Waals surface area contributed by atoms with Crippen molar-refractivity contribution in [2.45, 2.75) is 29.5 Å². The third-order valence-electron chi connectivity index (χ3n) is 4.49. The Morgan fingerprint density at radius 3 is 2.46 bits per heavy atom. The number of piperidine rings is 1. The van der Waals surface area contributed by atoms with Crippen molar-refractivity contribution in [2.24, 2.45) is 0 Å². The largest absolute Gasteiger partial charge is 0.369 e. The lowest BCUT2D eigenvalue weighted by atomic mass is 10.0. The van der Waals surface area contributed by atoms with Crippen molar-refractivity contribution in [1.29, 1.82) is 0 Å². The van der Waals surface area contributed by atoms with Crippen LogP contribution in [0.15, 0.2) is 29.2 Å². The molecule has 1 aromatic carbocycles. The van der Waals surface area contributed by atoms with Crippen LogP contribution in [0.3, 0.4) is 0 Å². The Morgan fingerprint density at radius 2 is 1.88 bits per heavy atom. The molecule has 1 aromatic rings. The van der Waals surface area contributed by atoms with Crippen LogP contribution >= 0.6 is 0 Å². The van der Waals surface area contributed by atoms with Crippen molar-refractivity contribution in [3.8, 4) is 0 Å². The maximum atomic E-state index is 12.6. The van der Waals surface area contributed by atoms with Gasteiger partial charge in [0.15, 0.2) is 0 Å². The molecular formula is C15H19F2N3O3S. The first-order chi connectivity index (χ1) is 11.4. The van der Waals surface area contributed by atoms with Crippen LogP contribution in [0.2, 0.25) is 0 Å². The molecule has 3 rings (SSSR count). The van der Waals surface area contributed by atoms with Gasteiger partial charge in [-0.3, -0.25) is 0 Å². The van der Waals surface area contributed by atoms with Gasteiger partial charge in [-0.15, -0.1) is 0 Å².